The van der Waals surface area contributed by atoms with Gasteiger partial charge < -0.3 is 9.32 Å². The fourth-order valence-electron chi connectivity index (χ4n) is 2.38. The van der Waals surface area contributed by atoms with Gasteiger partial charge in [-0.05, 0) is 28.1 Å². The number of rotatable bonds is 3. The topological polar surface area (TPSA) is 70.8 Å². The minimum absolute atomic E-state index is 0.0232. The number of halogens is 3. The zero-order valence-electron chi connectivity index (χ0n) is 12.0. The van der Waals surface area contributed by atoms with Crippen LogP contribution in [0.4, 0.5) is 0 Å². The molecule has 24 heavy (non-hydrogen) atoms. The Morgan fingerprint density at radius 2 is 1.88 bits per heavy atom. The van der Waals surface area contributed by atoms with Gasteiger partial charge >= 0.3 is 0 Å². The lowest BCUT2D eigenvalue weighted by Gasteiger charge is -2.33. The number of amides is 1. The highest BCUT2D eigenvalue weighted by atomic mass is 79.9. The highest BCUT2D eigenvalue weighted by molar-refractivity contribution is 9.10. The summed E-state index contributed by atoms with van der Waals surface area (Å²) < 4.78 is 32.6. The standard InChI is InChI=1S/C13H11BrCl2N2O4S2/c14-9-10(12(16)23-11(9)15)24(20,21)18-5-3-17(4-6-18)13(19)8-2-1-7-22-8/h1-2,7H,3-6H2. The molecule has 1 aliphatic rings. The van der Waals surface area contributed by atoms with Gasteiger partial charge in [0, 0.05) is 26.2 Å². The fraction of sp³-hybridized carbons (Fsp3) is 0.308. The van der Waals surface area contributed by atoms with E-state index >= 15 is 0 Å². The predicted octanol–water partition coefficient (Wildman–Crippen LogP) is 3.56. The first-order valence-electron chi connectivity index (χ1n) is 6.78. The van der Waals surface area contributed by atoms with Crippen LogP contribution in [-0.4, -0.2) is 49.7 Å². The van der Waals surface area contributed by atoms with E-state index in [-0.39, 0.29) is 55.9 Å². The van der Waals surface area contributed by atoms with Gasteiger partial charge in [0.2, 0.25) is 10.0 Å². The van der Waals surface area contributed by atoms with E-state index in [0.717, 1.165) is 11.3 Å². The van der Waals surface area contributed by atoms with Crippen molar-refractivity contribution in [3.8, 4) is 0 Å². The summed E-state index contributed by atoms with van der Waals surface area (Å²) in [5, 5.41) is 0. The minimum atomic E-state index is -3.79. The summed E-state index contributed by atoms with van der Waals surface area (Å²) in [6.45, 7) is 0.883. The maximum Gasteiger partial charge on any atom is 0.289 e. The van der Waals surface area contributed by atoms with Crippen LogP contribution in [0.2, 0.25) is 8.67 Å². The summed E-state index contributed by atoms with van der Waals surface area (Å²) in [6, 6.07) is 3.21. The molecule has 3 heterocycles. The van der Waals surface area contributed by atoms with E-state index in [1.165, 1.54) is 10.6 Å². The molecule has 0 saturated carbocycles. The highest BCUT2D eigenvalue weighted by Gasteiger charge is 2.35. The van der Waals surface area contributed by atoms with E-state index < -0.39 is 10.0 Å². The number of carbonyl (C=O) groups is 1. The van der Waals surface area contributed by atoms with E-state index in [2.05, 4.69) is 15.9 Å². The molecule has 0 aromatic carbocycles. The number of hydrogen-bond donors (Lipinski definition) is 0. The van der Waals surface area contributed by atoms with Crippen LogP contribution in [0.15, 0.2) is 32.2 Å². The normalized spacial score (nSPS) is 16.5. The molecule has 1 saturated heterocycles. The third-order valence-electron chi connectivity index (χ3n) is 3.59. The summed E-state index contributed by atoms with van der Waals surface area (Å²) in [4.78, 5) is 13.8. The van der Waals surface area contributed by atoms with Crippen LogP contribution in [0, 0.1) is 0 Å². The Hall–Kier alpha value is -0.580. The van der Waals surface area contributed by atoms with Crippen molar-refractivity contribution in [2.45, 2.75) is 4.90 Å². The minimum Gasteiger partial charge on any atom is -0.459 e. The second kappa shape index (κ2) is 6.97. The van der Waals surface area contributed by atoms with E-state index in [1.54, 1.807) is 17.0 Å². The smallest absolute Gasteiger partial charge is 0.289 e. The van der Waals surface area contributed by atoms with Gasteiger partial charge in [-0.2, -0.15) is 4.31 Å². The van der Waals surface area contributed by atoms with E-state index in [1.807, 2.05) is 0 Å². The number of hydrogen-bond acceptors (Lipinski definition) is 5. The molecule has 3 rings (SSSR count). The molecule has 0 atom stereocenters. The van der Waals surface area contributed by atoms with Gasteiger partial charge in [0.1, 0.15) is 13.6 Å². The second-order valence-electron chi connectivity index (χ2n) is 4.97. The van der Waals surface area contributed by atoms with Crippen LogP contribution in [-0.2, 0) is 10.0 Å². The van der Waals surface area contributed by atoms with Gasteiger partial charge in [0.05, 0.1) is 10.7 Å². The van der Waals surface area contributed by atoms with Gasteiger partial charge in [0.25, 0.3) is 5.91 Å². The van der Waals surface area contributed by atoms with Crippen molar-refractivity contribution in [1.29, 1.82) is 0 Å². The maximum atomic E-state index is 12.8. The number of sulfonamides is 1. The van der Waals surface area contributed by atoms with Crippen molar-refractivity contribution in [3.63, 3.8) is 0 Å². The number of piperazine rings is 1. The van der Waals surface area contributed by atoms with Crippen molar-refractivity contribution in [1.82, 2.24) is 9.21 Å². The number of carbonyl (C=O) groups excluding carboxylic acids is 1. The monoisotopic (exact) mass is 472 g/mol. The van der Waals surface area contributed by atoms with E-state index in [9.17, 15) is 13.2 Å². The van der Waals surface area contributed by atoms with Crippen molar-refractivity contribution in [2.24, 2.45) is 0 Å². The molecule has 11 heteroatoms. The first-order valence-corrected chi connectivity index (χ1v) is 10.6. The summed E-state index contributed by atoms with van der Waals surface area (Å²) in [5.74, 6) is -0.0171. The van der Waals surface area contributed by atoms with Gasteiger partial charge in [0.15, 0.2) is 5.76 Å². The number of thiophene rings is 1. The summed E-state index contributed by atoms with van der Waals surface area (Å²) in [7, 11) is -3.79. The predicted molar refractivity (Wildman–Crippen MR) is 95.4 cm³/mol. The van der Waals surface area contributed by atoms with Crippen LogP contribution < -0.4 is 0 Å². The van der Waals surface area contributed by atoms with Crippen molar-refractivity contribution >= 4 is 66.4 Å². The second-order valence-corrected chi connectivity index (χ2v) is 9.86. The van der Waals surface area contributed by atoms with Crippen LogP contribution in [0.25, 0.3) is 0 Å². The lowest BCUT2D eigenvalue weighted by atomic mass is 10.3. The van der Waals surface area contributed by atoms with Gasteiger partial charge in [-0.1, -0.05) is 23.2 Å². The van der Waals surface area contributed by atoms with Crippen molar-refractivity contribution in [2.75, 3.05) is 26.2 Å². The fourth-order valence-corrected chi connectivity index (χ4v) is 7.28. The van der Waals surface area contributed by atoms with Gasteiger partial charge in [-0.3, -0.25) is 4.79 Å². The molecule has 0 spiro atoms. The van der Waals surface area contributed by atoms with Gasteiger partial charge in [-0.25, -0.2) is 8.42 Å². The van der Waals surface area contributed by atoms with E-state index in [4.69, 9.17) is 27.6 Å². The molecule has 130 valence electrons. The molecule has 0 N–H and O–H groups in total. The Labute approximate surface area is 161 Å². The van der Waals surface area contributed by atoms with E-state index in [0.29, 0.717) is 0 Å². The third-order valence-corrected chi connectivity index (χ3v) is 8.95. The molecule has 1 amide bonds. The first kappa shape index (κ1) is 18.2. The Morgan fingerprint density at radius 3 is 2.38 bits per heavy atom. The Morgan fingerprint density at radius 1 is 1.21 bits per heavy atom. The molecule has 1 aliphatic heterocycles. The molecule has 1 fully saturated rings. The summed E-state index contributed by atoms with van der Waals surface area (Å²) in [5.41, 5.74) is 0. The first-order chi connectivity index (χ1) is 11.3. The zero-order valence-corrected chi connectivity index (χ0v) is 16.8. The van der Waals surface area contributed by atoms with Crippen molar-refractivity contribution in [3.05, 3.63) is 37.3 Å². The zero-order chi connectivity index (χ0) is 17.5. The summed E-state index contributed by atoms with van der Waals surface area (Å²) >= 11 is 16.1. The van der Waals surface area contributed by atoms with Crippen LogP contribution in [0.1, 0.15) is 10.6 Å². The molecule has 0 radical (unpaired) electrons. The van der Waals surface area contributed by atoms with Crippen LogP contribution in [0.3, 0.4) is 0 Å². The molecule has 0 unspecified atom stereocenters. The molecule has 0 bridgehead atoms. The van der Waals surface area contributed by atoms with Gasteiger partial charge in [-0.15, -0.1) is 11.3 Å². The summed E-state index contributed by atoms with van der Waals surface area (Å²) in [6.07, 6.45) is 1.42. The Bertz CT molecular complexity index is 859. The average molecular weight is 474 g/mol. The average Bonchev–Trinajstić information content (AvgIpc) is 3.16. The van der Waals surface area contributed by atoms with Crippen molar-refractivity contribution < 1.29 is 17.6 Å². The molecular weight excluding hydrogens is 463 g/mol. The third kappa shape index (κ3) is 3.25. The quantitative estimate of drug-likeness (QED) is 0.683. The molecule has 2 aromatic rings. The molecule has 2 aromatic heterocycles. The largest absolute Gasteiger partial charge is 0.459 e. The molecule has 0 aliphatic carbocycles. The van der Waals surface area contributed by atoms with Crippen LogP contribution in [0.5, 0.6) is 0 Å². The number of furan rings is 1. The Kier molecular flexibility index (Phi) is 5.29. The SMILES string of the molecule is O=C(c1ccco1)N1CCN(S(=O)(=O)c2c(Cl)sc(Cl)c2Br)CC1. The highest BCUT2D eigenvalue weighted by Crippen LogP contribution is 2.44. The Balaban J connectivity index is 1.75. The lowest BCUT2D eigenvalue weighted by molar-refractivity contribution is 0.0666. The molecular formula is C13H11BrCl2N2O4S2. The number of nitrogens with zero attached hydrogens (tertiary/aromatic N) is 2. The van der Waals surface area contributed by atoms with Crippen LogP contribution >= 0.6 is 50.5 Å². The molecule has 6 nitrogen and oxygen atoms in total. The lowest BCUT2D eigenvalue weighted by Crippen LogP contribution is -2.50. The maximum absolute atomic E-state index is 12.8.